The van der Waals surface area contributed by atoms with Crippen molar-refractivity contribution in [1.82, 2.24) is 14.8 Å². The number of hydrogen-bond acceptors (Lipinski definition) is 3. The topological polar surface area (TPSA) is 59.8 Å². The van der Waals surface area contributed by atoms with Gasteiger partial charge in [-0.3, -0.25) is 9.36 Å². The highest BCUT2D eigenvalue weighted by molar-refractivity contribution is 6.05. The van der Waals surface area contributed by atoms with Crippen LogP contribution in [0.15, 0.2) is 49.1 Å². The molecule has 0 bridgehead atoms. The molecular weight excluding hydrogens is 288 g/mol. The maximum absolute atomic E-state index is 12.4. The third kappa shape index (κ3) is 3.13. The van der Waals surface area contributed by atoms with Crippen molar-refractivity contribution < 1.29 is 4.79 Å². The summed E-state index contributed by atoms with van der Waals surface area (Å²) in [5.74, 6) is -0.103. The summed E-state index contributed by atoms with van der Waals surface area (Å²) >= 11 is 0. The van der Waals surface area contributed by atoms with Crippen LogP contribution < -0.4 is 5.32 Å². The third-order valence-corrected chi connectivity index (χ3v) is 3.79. The van der Waals surface area contributed by atoms with E-state index in [4.69, 9.17) is 0 Å². The minimum Gasteiger partial charge on any atom is -0.322 e. The van der Waals surface area contributed by atoms with Gasteiger partial charge in [0.2, 0.25) is 0 Å². The highest BCUT2D eigenvalue weighted by atomic mass is 16.1. The molecule has 0 saturated heterocycles. The zero-order chi connectivity index (χ0) is 16.4. The van der Waals surface area contributed by atoms with Gasteiger partial charge in [0.1, 0.15) is 12.7 Å². The van der Waals surface area contributed by atoms with Gasteiger partial charge in [0.05, 0.1) is 0 Å². The molecule has 3 aromatic rings. The summed E-state index contributed by atoms with van der Waals surface area (Å²) in [4.78, 5) is 12.4. The van der Waals surface area contributed by atoms with Crippen LogP contribution in [0.5, 0.6) is 0 Å². The van der Waals surface area contributed by atoms with Crippen LogP contribution in [0.4, 0.5) is 5.69 Å². The fraction of sp³-hybridized carbons (Fsp3) is 0.167. The number of aryl methyl sites for hydroxylation is 3. The third-order valence-electron chi connectivity index (χ3n) is 3.79. The van der Waals surface area contributed by atoms with Crippen molar-refractivity contribution in [2.75, 3.05) is 5.32 Å². The fourth-order valence-corrected chi connectivity index (χ4v) is 2.51. The predicted octanol–water partition coefficient (Wildman–Crippen LogP) is 3.44. The highest BCUT2D eigenvalue weighted by Gasteiger charge is 2.11. The van der Waals surface area contributed by atoms with E-state index in [1.165, 1.54) is 0 Å². The Labute approximate surface area is 135 Å². The van der Waals surface area contributed by atoms with E-state index in [1.54, 1.807) is 12.7 Å². The van der Waals surface area contributed by atoms with Crippen LogP contribution in [0.1, 0.15) is 27.0 Å². The molecule has 0 radical (unpaired) electrons. The predicted molar refractivity (Wildman–Crippen MR) is 90.0 cm³/mol. The lowest BCUT2D eigenvalue weighted by atomic mass is 10.1. The Bertz CT molecular complexity index is 813. The van der Waals surface area contributed by atoms with E-state index in [2.05, 4.69) is 15.5 Å². The second-order valence-electron chi connectivity index (χ2n) is 5.64. The molecular formula is C18H18N4O. The van der Waals surface area contributed by atoms with Crippen LogP contribution in [0.2, 0.25) is 0 Å². The second kappa shape index (κ2) is 6.04. The standard InChI is InChI=1S/C18H18N4O/c1-12-4-6-15(7-5-12)18(23)21-17-13(2)8-16(9-14(17)3)22-10-19-20-11-22/h4-11H,1-3H3,(H,21,23). The summed E-state index contributed by atoms with van der Waals surface area (Å²) in [6.45, 7) is 5.96. The lowest BCUT2D eigenvalue weighted by molar-refractivity contribution is 0.102. The number of carbonyl (C=O) groups is 1. The second-order valence-corrected chi connectivity index (χ2v) is 5.64. The maximum Gasteiger partial charge on any atom is 0.255 e. The van der Waals surface area contributed by atoms with Crippen molar-refractivity contribution in [3.63, 3.8) is 0 Å². The van der Waals surface area contributed by atoms with Crippen molar-refractivity contribution in [2.24, 2.45) is 0 Å². The number of nitrogens with one attached hydrogen (secondary N) is 1. The summed E-state index contributed by atoms with van der Waals surface area (Å²) in [5.41, 5.74) is 5.58. The van der Waals surface area contributed by atoms with Gasteiger partial charge in [-0.25, -0.2) is 0 Å². The van der Waals surface area contributed by atoms with E-state index in [0.717, 1.165) is 28.1 Å². The van der Waals surface area contributed by atoms with E-state index < -0.39 is 0 Å². The first-order valence-electron chi connectivity index (χ1n) is 7.39. The minimum absolute atomic E-state index is 0.103. The molecule has 1 aromatic heterocycles. The summed E-state index contributed by atoms with van der Waals surface area (Å²) in [5, 5.41) is 10.6. The summed E-state index contributed by atoms with van der Waals surface area (Å²) < 4.78 is 1.84. The van der Waals surface area contributed by atoms with Crippen LogP contribution in [0, 0.1) is 20.8 Å². The first-order chi connectivity index (χ1) is 11.0. The van der Waals surface area contributed by atoms with E-state index in [-0.39, 0.29) is 5.91 Å². The monoisotopic (exact) mass is 306 g/mol. The van der Waals surface area contributed by atoms with E-state index in [1.807, 2.05) is 61.7 Å². The van der Waals surface area contributed by atoms with Gasteiger partial charge in [-0.2, -0.15) is 0 Å². The number of carbonyl (C=O) groups excluding carboxylic acids is 1. The molecule has 0 saturated carbocycles. The molecule has 0 aliphatic carbocycles. The summed E-state index contributed by atoms with van der Waals surface area (Å²) in [7, 11) is 0. The van der Waals surface area contributed by atoms with Crippen LogP contribution in [0.3, 0.4) is 0 Å². The number of rotatable bonds is 3. The molecule has 0 spiro atoms. The smallest absolute Gasteiger partial charge is 0.255 e. The van der Waals surface area contributed by atoms with Gasteiger partial charge in [0.15, 0.2) is 0 Å². The summed E-state index contributed by atoms with van der Waals surface area (Å²) in [6.07, 6.45) is 3.30. The van der Waals surface area contributed by atoms with Crippen LogP contribution >= 0.6 is 0 Å². The van der Waals surface area contributed by atoms with Gasteiger partial charge >= 0.3 is 0 Å². The van der Waals surface area contributed by atoms with Gasteiger partial charge in [0.25, 0.3) is 5.91 Å². The van der Waals surface area contributed by atoms with Gasteiger partial charge in [-0.05, 0) is 56.2 Å². The number of amides is 1. The fourth-order valence-electron chi connectivity index (χ4n) is 2.51. The molecule has 1 heterocycles. The molecule has 0 unspecified atom stereocenters. The lowest BCUT2D eigenvalue weighted by Gasteiger charge is -2.14. The van der Waals surface area contributed by atoms with E-state index in [9.17, 15) is 4.79 Å². The van der Waals surface area contributed by atoms with Crippen molar-refractivity contribution in [1.29, 1.82) is 0 Å². The molecule has 116 valence electrons. The minimum atomic E-state index is -0.103. The van der Waals surface area contributed by atoms with Crippen LogP contribution in [0.25, 0.3) is 5.69 Å². The molecule has 2 aromatic carbocycles. The average Bonchev–Trinajstić information content (AvgIpc) is 3.05. The van der Waals surface area contributed by atoms with Gasteiger partial charge < -0.3 is 5.32 Å². The zero-order valence-corrected chi connectivity index (χ0v) is 13.4. The SMILES string of the molecule is Cc1ccc(C(=O)Nc2c(C)cc(-n3cnnc3)cc2C)cc1. The van der Waals surface area contributed by atoms with Crippen molar-refractivity contribution in [2.45, 2.75) is 20.8 Å². The van der Waals surface area contributed by atoms with Crippen molar-refractivity contribution in [3.05, 3.63) is 71.3 Å². The van der Waals surface area contributed by atoms with Gasteiger partial charge in [0, 0.05) is 16.9 Å². The molecule has 1 N–H and O–H groups in total. The Morgan fingerprint density at radius 3 is 2.09 bits per heavy atom. The highest BCUT2D eigenvalue weighted by Crippen LogP contribution is 2.24. The van der Waals surface area contributed by atoms with Crippen LogP contribution in [-0.4, -0.2) is 20.7 Å². The van der Waals surface area contributed by atoms with E-state index >= 15 is 0 Å². The molecule has 5 nitrogen and oxygen atoms in total. The Morgan fingerprint density at radius 1 is 0.957 bits per heavy atom. The Kier molecular flexibility index (Phi) is 3.93. The Hall–Kier alpha value is -2.95. The Morgan fingerprint density at radius 2 is 1.52 bits per heavy atom. The number of benzene rings is 2. The molecule has 0 fully saturated rings. The van der Waals surface area contributed by atoms with Crippen molar-refractivity contribution >= 4 is 11.6 Å². The maximum atomic E-state index is 12.4. The largest absolute Gasteiger partial charge is 0.322 e. The molecule has 23 heavy (non-hydrogen) atoms. The van der Waals surface area contributed by atoms with Gasteiger partial charge in [-0.1, -0.05) is 17.7 Å². The quantitative estimate of drug-likeness (QED) is 0.806. The molecule has 0 aliphatic heterocycles. The summed E-state index contributed by atoms with van der Waals surface area (Å²) in [6, 6.07) is 11.5. The van der Waals surface area contributed by atoms with Crippen LogP contribution in [-0.2, 0) is 0 Å². The van der Waals surface area contributed by atoms with Crippen molar-refractivity contribution in [3.8, 4) is 5.69 Å². The Balaban J connectivity index is 1.88. The van der Waals surface area contributed by atoms with Gasteiger partial charge in [-0.15, -0.1) is 10.2 Å². The van der Waals surface area contributed by atoms with E-state index in [0.29, 0.717) is 5.56 Å². The number of nitrogens with zero attached hydrogens (tertiary/aromatic N) is 3. The zero-order valence-electron chi connectivity index (χ0n) is 13.4. The molecule has 5 heteroatoms. The molecule has 0 aliphatic rings. The number of hydrogen-bond donors (Lipinski definition) is 1. The number of aromatic nitrogens is 3. The lowest BCUT2D eigenvalue weighted by Crippen LogP contribution is -2.14. The normalized spacial score (nSPS) is 10.6. The molecule has 0 atom stereocenters. The first-order valence-corrected chi connectivity index (χ1v) is 7.39. The molecule has 1 amide bonds. The first kappa shape index (κ1) is 15.0. The number of anilines is 1. The average molecular weight is 306 g/mol. The molecule has 3 rings (SSSR count).